The smallest absolute Gasteiger partial charge is 0.336 e. The summed E-state index contributed by atoms with van der Waals surface area (Å²) in [5.74, 6) is 0.879. The zero-order valence-electron chi connectivity index (χ0n) is 16.5. The molecule has 2 aliphatic rings. The van der Waals surface area contributed by atoms with Crippen molar-refractivity contribution in [2.24, 2.45) is 0 Å². The Balaban J connectivity index is 1.57. The van der Waals surface area contributed by atoms with Crippen LogP contribution in [0, 0.1) is 6.92 Å². The lowest BCUT2D eigenvalue weighted by molar-refractivity contribution is 0.0475. The van der Waals surface area contributed by atoms with Gasteiger partial charge < -0.3 is 9.15 Å². The number of hydrogen-bond acceptors (Lipinski definition) is 4. The molecule has 4 heteroatoms. The average molecular weight is 375 g/mol. The van der Waals surface area contributed by atoms with Crippen LogP contribution in [0.5, 0.6) is 5.75 Å². The lowest BCUT2D eigenvalue weighted by Gasteiger charge is -2.39. The highest BCUT2D eigenvalue weighted by Gasteiger charge is 2.30. The van der Waals surface area contributed by atoms with Crippen molar-refractivity contribution in [2.45, 2.75) is 52.1 Å². The molecule has 4 nitrogen and oxygen atoms in total. The predicted molar refractivity (Wildman–Crippen MR) is 110 cm³/mol. The largest absolute Gasteiger partial charge is 0.477 e. The molecule has 0 bridgehead atoms. The molecule has 5 rings (SSSR count). The summed E-state index contributed by atoms with van der Waals surface area (Å²) in [5.41, 5.74) is 6.44. The van der Waals surface area contributed by atoms with E-state index in [-0.39, 0.29) is 5.63 Å². The third-order valence-corrected chi connectivity index (χ3v) is 6.28. The molecule has 28 heavy (non-hydrogen) atoms. The molecule has 0 N–H and O–H groups in total. The first-order chi connectivity index (χ1) is 13.7. The van der Waals surface area contributed by atoms with Crippen LogP contribution in [-0.2, 0) is 19.4 Å². The summed E-state index contributed by atoms with van der Waals surface area (Å²) in [6, 6.07) is 13.0. The van der Waals surface area contributed by atoms with E-state index in [1.165, 1.54) is 29.5 Å². The predicted octanol–water partition coefficient (Wildman–Crippen LogP) is 4.89. The third-order valence-electron chi connectivity index (χ3n) is 6.28. The summed E-state index contributed by atoms with van der Waals surface area (Å²) >= 11 is 0. The van der Waals surface area contributed by atoms with Gasteiger partial charge in [0.2, 0.25) is 0 Å². The van der Waals surface area contributed by atoms with Gasteiger partial charge in [-0.3, -0.25) is 4.90 Å². The van der Waals surface area contributed by atoms with Gasteiger partial charge >= 0.3 is 5.63 Å². The fourth-order valence-corrected chi connectivity index (χ4v) is 4.90. The van der Waals surface area contributed by atoms with Crippen molar-refractivity contribution < 1.29 is 9.15 Å². The van der Waals surface area contributed by atoms with Gasteiger partial charge in [0.1, 0.15) is 18.1 Å². The van der Waals surface area contributed by atoms with Gasteiger partial charge in [-0.15, -0.1) is 0 Å². The number of nitrogens with zero attached hydrogens (tertiary/aromatic N) is 1. The van der Waals surface area contributed by atoms with Crippen molar-refractivity contribution in [1.29, 1.82) is 0 Å². The first-order valence-corrected chi connectivity index (χ1v) is 10.2. The maximum absolute atomic E-state index is 11.9. The van der Waals surface area contributed by atoms with E-state index in [9.17, 15) is 4.79 Å². The fourth-order valence-electron chi connectivity index (χ4n) is 4.90. The van der Waals surface area contributed by atoms with Crippen molar-refractivity contribution >= 4 is 11.0 Å². The van der Waals surface area contributed by atoms with Gasteiger partial charge in [0.15, 0.2) is 0 Å². The van der Waals surface area contributed by atoms with E-state index in [4.69, 9.17) is 9.15 Å². The van der Waals surface area contributed by atoms with Crippen LogP contribution in [-0.4, -0.2) is 11.6 Å². The number of ether oxygens (including phenoxy) is 1. The van der Waals surface area contributed by atoms with Crippen LogP contribution in [0.2, 0.25) is 0 Å². The summed E-state index contributed by atoms with van der Waals surface area (Å²) in [6.07, 6.45) is 4.35. The number of benzene rings is 2. The molecule has 0 saturated carbocycles. The molecule has 1 atom stereocenters. The lowest BCUT2D eigenvalue weighted by Crippen LogP contribution is -2.37. The van der Waals surface area contributed by atoms with Crippen LogP contribution in [0.4, 0.5) is 0 Å². The molecule has 0 amide bonds. The van der Waals surface area contributed by atoms with Crippen LogP contribution in [0.1, 0.15) is 53.6 Å². The quantitative estimate of drug-likeness (QED) is 0.598. The summed E-state index contributed by atoms with van der Waals surface area (Å²) < 4.78 is 11.8. The van der Waals surface area contributed by atoms with E-state index < -0.39 is 0 Å². The molecular weight excluding hydrogens is 350 g/mol. The van der Waals surface area contributed by atoms with Crippen molar-refractivity contribution in [2.75, 3.05) is 6.73 Å². The molecule has 0 radical (unpaired) electrons. The average Bonchev–Trinajstić information content (AvgIpc) is 2.73. The van der Waals surface area contributed by atoms with Gasteiger partial charge in [-0.1, -0.05) is 31.2 Å². The Bertz CT molecular complexity index is 1110. The monoisotopic (exact) mass is 375 g/mol. The Morgan fingerprint density at radius 1 is 1.18 bits per heavy atom. The molecular formula is C24H25NO3. The molecule has 0 unspecified atom stereocenters. The van der Waals surface area contributed by atoms with Gasteiger partial charge in [0, 0.05) is 35.2 Å². The minimum absolute atomic E-state index is 0.288. The molecule has 1 aliphatic carbocycles. The van der Waals surface area contributed by atoms with Crippen molar-refractivity contribution in [3.63, 3.8) is 0 Å². The summed E-state index contributed by atoms with van der Waals surface area (Å²) in [6.45, 7) is 5.49. The second-order valence-electron chi connectivity index (χ2n) is 7.94. The summed E-state index contributed by atoms with van der Waals surface area (Å²) in [4.78, 5) is 14.4. The zero-order chi connectivity index (χ0) is 19.3. The SMILES string of the molecule is CCc1cc(=O)oc2c(C)c3c(cc12)CN([C@@H]1CCCc2ccccc21)CO3. The first kappa shape index (κ1) is 17.5. The minimum atomic E-state index is -0.288. The Labute approximate surface area is 164 Å². The number of fused-ring (bicyclic) bond motifs is 3. The topological polar surface area (TPSA) is 42.7 Å². The normalized spacial score (nSPS) is 19.1. The third kappa shape index (κ3) is 2.75. The van der Waals surface area contributed by atoms with E-state index in [2.05, 4.69) is 42.2 Å². The molecule has 2 aromatic carbocycles. The Kier molecular flexibility index (Phi) is 4.24. The molecule has 144 valence electrons. The van der Waals surface area contributed by atoms with Gasteiger partial charge in [-0.25, -0.2) is 4.79 Å². The van der Waals surface area contributed by atoms with Crippen LogP contribution < -0.4 is 10.4 Å². The van der Waals surface area contributed by atoms with E-state index >= 15 is 0 Å². The van der Waals surface area contributed by atoms with E-state index in [0.29, 0.717) is 18.4 Å². The van der Waals surface area contributed by atoms with Gasteiger partial charge in [-0.2, -0.15) is 0 Å². The molecule has 1 aliphatic heterocycles. The highest BCUT2D eigenvalue weighted by Crippen LogP contribution is 2.40. The fraction of sp³-hybridized carbons (Fsp3) is 0.375. The maximum atomic E-state index is 11.9. The van der Waals surface area contributed by atoms with E-state index in [0.717, 1.165) is 41.6 Å². The number of aryl methyl sites for hydroxylation is 3. The standard InChI is InChI=1S/C24H25NO3/c1-3-16-12-22(26)28-24-15(2)23-18(11-20(16)24)13-25(14-27-23)21-10-6-8-17-7-4-5-9-19(17)21/h4-5,7,9,11-12,21H,3,6,8,10,13-14H2,1-2H3/t21-/m1/s1. The lowest BCUT2D eigenvalue weighted by atomic mass is 9.86. The maximum Gasteiger partial charge on any atom is 0.336 e. The molecule has 0 spiro atoms. The Morgan fingerprint density at radius 3 is 2.89 bits per heavy atom. The van der Waals surface area contributed by atoms with Crippen molar-refractivity contribution in [3.8, 4) is 5.75 Å². The highest BCUT2D eigenvalue weighted by molar-refractivity contribution is 5.86. The van der Waals surface area contributed by atoms with Gasteiger partial charge in [0.05, 0.1) is 0 Å². The Hall–Kier alpha value is -2.59. The van der Waals surface area contributed by atoms with Crippen LogP contribution in [0.25, 0.3) is 11.0 Å². The van der Waals surface area contributed by atoms with Crippen LogP contribution in [0.15, 0.2) is 45.6 Å². The molecule has 0 saturated heterocycles. The highest BCUT2D eigenvalue weighted by atomic mass is 16.5. The summed E-state index contributed by atoms with van der Waals surface area (Å²) in [5, 5.41) is 1.04. The zero-order valence-corrected chi connectivity index (χ0v) is 16.5. The molecule has 3 aromatic rings. The van der Waals surface area contributed by atoms with E-state index in [1.807, 2.05) is 6.92 Å². The van der Waals surface area contributed by atoms with Crippen molar-refractivity contribution in [1.82, 2.24) is 4.90 Å². The second kappa shape index (κ2) is 6.78. The van der Waals surface area contributed by atoms with Gasteiger partial charge in [0.25, 0.3) is 0 Å². The molecule has 0 fully saturated rings. The van der Waals surface area contributed by atoms with E-state index in [1.54, 1.807) is 6.07 Å². The Morgan fingerprint density at radius 2 is 2.04 bits per heavy atom. The molecule has 1 aromatic heterocycles. The van der Waals surface area contributed by atoms with Crippen LogP contribution >= 0.6 is 0 Å². The first-order valence-electron chi connectivity index (χ1n) is 10.2. The number of hydrogen-bond donors (Lipinski definition) is 0. The van der Waals surface area contributed by atoms with Crippen molar-refractivity contribution in [3.05, 3.63) is 74.6 Å². The molecule has 2 heterocycles. The summed E-state index contributed by atoms with van der Waals surface area (Å²) in [7, 11) is 0. The van der Waals surface area contributed by atoms with Crippen LogP contribution in [0.3, 0.4) is 0 Å². The second-order valence-corrected chi connectivity index (χ2v) is 7.94. The number of rotatable bonds is 2. The van der Waals surface area contributed by atoms with Gasteiger partial charge in [-0.05, 0) is 55.4 Å². The minimum Gasteiger partial charge on any atom is -0.477 e.